The minimum atomic E-state index is -0.436. The van der Waals surface area contributed by atoms with Gasteiger partial charge in [-0.1, -0.05) is 18.5 Å². The van der Waals surface area contributed by atoms with Gasteiger partial charge in [0.1, 0.15) is 5.15 Å². The van der Waals surface area contributed by atoms with Crippen LogP contribution in [0.2, 0.25) is 5.15 Å². The molecule has 1 unspecified atom stereocenters. The van der Waals surface area contributed by atoms with Gasteiger partial charge in [0.05, 0.1) is 17.4 Å². The zero-order valence-corrected chi connectivity index (χ0v) is 12.3. The summed E-state index contributed by atoms with van der Waals surface area (Å²) in [5, 5.41) is 14.5. The molecule has 1 atom stereocenters. The number of rotatable bonds is 5. The zero-order chi connectivity index (χ0) is 14.2. The molecule has 1 aliphatic carbocycles. The molecule has 1 heterocycles. The predicted octanol–water partition coefficient (Wildman–Crippen LogP) is 1.48. The predicted molar refractivity (Wildman–Crippen MR) is 73.3 cm³/mol. The second-order valence-electron chi connectivity index (χ2n) is 5.18. The van der Waals surface area contributed by atoms with E-state index in [-0.39, 0.29) is 5.91 Å². The van der Waals surface area contributed by atoms with Crippen LogP contribution in [-0.4, -0.2) is 45.4 Å². The molecule has 0 radical (unpaired) electrons. The molecule has 106 valence electrons. The molecule has 0 aliphatic heterocycles. The molecule has 1 aliphatic rings. The van der Waals surface area contributed by atoms with Crippen molar-refractivity contribution in [2.45, 2.75) is 32.3 Å². The van der Waals surface area contributed by atoms with Crippen LogP contribution in [0.1, 0.15) is 35.8 Å². The van der Waals surface area contributed by atoms with E-state index in [1.54, 1.807) is 14.1 Å². The van der Waals surface area contributed by atoms with E-state index in [1.807, 2.05) is 6.92 Å². The van der Waals surface area contributed by atoms with Crippen molar-refractivity contribution in [3.8, 4) is 0 Å². The molecule has 1 aromatic rings. The zero-order valence-electron chi connectivity index (χ0n) is 11.6. The van der Waals surface area contributed by atoms with Gasteiger partial charge in [0.2, 0.25) is 0 Å². The molecule has 19 heavy (non-hydrogen) atoms. The van der Waals surface area contributed by atoms with Gasteiger partial charge in [-0.2, -0.15) is 5.10 Å². The highest BCUT2D eigenvalue weighted by atomic mass is 35.5. The van der Waals surface area contributed by atoms with Crippen LogP contribution in [-0.2, 0) is 13.5 Å². The maximum atomic E-state index is 12.4. The first-order chi connectivity index (χ1) is 8.95. The van der Waals surface area contributed by atoms with Crippen LogP contribution >= 0.6 is 11.6 Å². The van der Waals surface area contributed by atoms with E-state index in [0.29, 0.717) is 35.3 Å². The van der Waals surface area contributed by atoms with Gasteiger partial charge in [-0.05, 0) is 25.2 Å². The number of hydrogen-bond donors (Lipinski definition) is 1. The molecule has 0 bridgehead atoms. The lowest BCUT2D eigenvalue weighted by Gasteiger charge is -2.20. The Morgan fingerprint density at radius 1 is 1.63 bits per heavy atom. The van der Waals surface area contributed by atoms with Crippen molar-refractivity contribution in [3.05, 3.63) is 16.4 Å². The first kappa shape index (κ1) is 14.3. The highest BCUT2D eigenvalue weighted by Crippen LogP contribution is 2.33. The van der Waals surface area contributed by atoms with Crippen LogP contribution in [0.3, 0.4) is 0 Å². The van der Waals surface area contributed by atoms with Crippen molar-refractivity contribution < 1.29 is 9.90 Å². The fourth-order valence-electron chi connectivity index (χ4n) is 2.20. The third-order valence-corrected chi connectivity index (χ3v) is 4.01. The van der Waals surface area contributed by atoms with E-state index in [4.69, 9.17) is 11.6 Å². The van der Waals surface area contributed by atoms with E-state index >= 15 is 0 Å². The molecule has 1 N–H and O–H groups in total. The summed E-state index contributed by atoms with van der Waals surface area (Å²) in [6.07, 6.45) is 2.32. The summed E-state index contributed by atoms with van der Waals surface area (Å²) in [4.78, 5) is 13.9. The van der Waals surface area contributed by atoms with E-state index in [2.05, 4.69) is 5.10 Å². The molecule has 0 saturated heterocycles. The number of carbonyl (C=O) groups excluding carboxylic acids is 1. The Hall–Kier alpha value is -1.07. The monoisotopic (exact) mass is 285 g/mol. The number of likely N-dealkylation sites (N-methyl/N-ethyl adjacent to an activating group) is 1. The topological polar surface area (TPSA) is 58.4 Å². The smallest absolute Gasteiger partial charge is 0.258 e. The van der Waals surface area contributed by atoms with Crippen LogP contribution in [0, 0.1) is 5.92 Å². The number of aliphatic hydroxyl groups excluding tert-OH is 1. The van der Waals surface area contributed by atoms with Crippen LogP contribution in [0.5, 0.6) is 0 Å². The Balaban J connectivity index is 2.13. The average Bonchev–Trinajstić information content (AvgIpc) is 3.17. The molecule has 0 spiro atoms. The fourth-order valence-corrected chi connectivity index (χ4v) is 2.43. The molecule has 0 aromatic carbocycles. The summed E-state index contributed by atoms with van der Waals surface area (Å²) < 4.78 is 1.51. The van der Waals surface area contributed by atoms with Crippen molar-refractivity contribution in [2.75, 3.05) is 13.6 Å². The first-order valence-electron chi connectivity index (χ1n) is 6.60. The molecular weight excluding hydrogens is 266 g/mol. The molecule has 2 rings (SSSR count). The molecular formula is C13H20ClN3O2. The molecule has 5 nitrogen and oxygen atoms in total. The van der Waals surface area contributed by atoms with Crippen molar-refractivity contribution in [3.63, 3.8) is 0 Å². The maximum absolute atomic E-state index is 12.4. The van der Waals surface area contributed by atoms with Gasteiger partial charge in [-0.3, -0.25) is 9.48 Å². The lowest BCUT2D eigenvalue weighted by molar-refractivity contribution is 0.0644. The minimum absolute atomic E-state index is 0.172. The Kier molecular flexibility index (Phi) is 4.16. The standard InChI is InChI=1S/C13H20ClN3O2/c1-4-9-11(12(14)17(3)15-9)13(19)16(2)7-10(18)8-5-6-8/h8,10,18H,4-7H2,1-3H3. The summed E-state index contributed by atoms with van der Waals surface area (Å²) in [5.74, 6) is 0.180. The highest BCUT2D eigenvalue weighted by Gasteiger charge is 2.32. The second-order valence-corrected chi connectivity index (χ2v) is 5.54. The van der Waals surface area contributed by atoms with E-state index in [0.717, 1.165) is 12.8 Å². The van der Waals surface area contributed by atoms with Crippen molar-refractivity contribution in [1.82, 2.24) is 14.7 Å². The van der Waals surface area contributed by atoms with Crippen LogP contribution in [0.15, 0.2) is 0 Å². The van der Waals surface area contributed by atoms with Crippen LogP contribution in [0.25, 0.3) is 0 Å². The minimum Gasteiger partial charge on any atom is -0.391 e. The normalized spacial score (nSPS) is 16.5. The summed E-state index contributed by atoms with van der Waals surface area (Å²) in [6.45, 7) is 2.28. The first-order valence-corrected chi connectivity index (χ1v) is 6.98. The van der Waals surface area contributed by atoms with Gasteiger partial charge in [-0.25, -0.2) is 0 Å². The molecule has 1 aromatic heterocycles. The van der Waals surface area contributed by atoms with Crippen LogP contribution < -0.4 is 0 Å². The summed E-state index contributed by atoms with van der Waals surface area (Å²) >= 11 is 6.13. The van der Waals surface area contributed by atoms with Gasteiger partial charge in [0.25, 0.3) is 5.91 Å². The number of nitrogens with zero attached hydrogens (tertiary/aromatic N) is 3. The van der Waals surface area contributed by atoms with Gasteiger partial charge in [0.15, 0.2) is 0 Å². The summed E-state index contributed by atoms with van der Waals surface area (Å²) in [6, 6.07) is 0. The van der Waals surface area contributed by atoms with Crippen molar-refractivity contribution >= 4 is 17.5 Å². The number of hydrogen-bond acceptors (Lipinski definition) is 3. The Morgan fingerprint density at radius 3 is 2.79 bits per heavy atom. The fraction of sp³-hybridized carbons (Fsp3) is 0.692. The molecule has 1 saturated carbocycles. The van der Waals surface area contributed by atoms with E-state index < -0.39 is 6.10 Å². The number of halogens is 1. The quantitative estimate of drug-likeness (QED) is 0.891. The third-order valence-electron chi connectivity index (χ3n) is 3.57. The number of carbonyl (C=O) groups is 1. The van der Waals surface area contributed by atoms with Crippen molar-refractivity contribution in [2.24, 2.45) is 13.0 Å². The average molecular weight is 286 g/mol. The lowest BCUT2D eigenvalue weighted by atomic mass is 10.1. The Labute approximate surface area is 118 Å². The van der Waals surface area contributed by atoms with Gasteiger partial charge in [-0.15, -0.1) is 0 Å². The van der Waals surface area contributed by atoms with E-state index in [1.165, 1.54) is 9.58 Å². The largest absolute Gasteiger partial charge is 0.391 e. The molecule has 1 fully saturated rings. The number of aryl methyl sites for hydroxylation is 2. The van der Waals surface area contributed by atoms with Gasteiger partial charge >= 0.3 is 0 Å². The second kappa shape index (κ2) is 5.51. The van der Waals surface area contributed by atoms with Gasteiger partial charge < -0.3 is 10.0 Å². The lowest BCUT2D eigenvalue weighted by Crippen LogP contribution is -2.35. The third kappa shape index (κ3) is 2.92. The van der Waals surface area contributed by atoms with Gasteiger partial charge in [0, 0.05) is 20.6 Å². The maximum Gasteiger partial charge on any atom is 0.258 e. The highest BCUT2D eigenvalue weighted by molar-refractivity contribution is 6.33. The summed E-state index contributed by atoms with van der Waals surface area (Å²) in [7, 11) is 3.41. The Morgan fingerprint density at radius 2 is 2.26 bits per heavy atom. The molecule has 1 amide bonds. The number of aliphatic hydroxyl groups is 1. The Bertz CT molecular complexity index is 482. The number of aromatic nitrogens is 2. The summed E-state index contributed by atoms with van der Waals surface area (Å²) in [5.41, 5.74) is 1.16. The van der Waals surface area contributed by atoms with Crippen LogP contribution in [0.4, 0.5) is 0 Å². The number of amides is 1. The van der Waals surface area contributed by atoms with E-state index in [9.17, 15) is 9.90 Å². The van der Waals surface area contributed by atoms with Crippen molar-refractivity contribution in [1.29, 1.82) is 0 Å². The molecule has 6 heteroatoms. The SMILES string of the molecule is CCc1nn(C)c(Cl)c1C(=O)N(C)CC(O)C1CC1.